The topological polar surface area (TPSA) is 43.1 Å². The maximum absolute atomic E-state index is 10.1. The molecule has 2 N–H and O–H groups in total. The first-order valence-corrected chi connectivity index (χ1v) is 2.92. The number of carbonyl (C=O) groups is 1. The van der Waals surface area contributed by atoms with E-state index in [2.05, 4.69) is 13.2 Å². The summed E-state index contributed by atoms with van der Waals surface area (Å²) < 4.78 is 0. The van der Waals surface area contributed by atoms with E-state index in [9.17, 15) is 4.79 Å². The SMILES string of the molecule is C=C/C=C(\C=C)C(N)C=O. The molecule has 0 bridgehead atoms. The van der Waals surface area contributed by atoms with Crippen molar-refractivity contribution in [3.8, 4) is 0 Å². The van der Waals surface area contributed by atoms with Crippen LogP contribution in [0.4, 0.5) is 0 Å². The monoisotopic (exact) mass is 137 g/mol. The summed E-state index contributed by atoms with van der Waals surface area (Å²) >= 11 is 0. The Morgan fingerprint density at radius 2 is 2.10 bits per heavy atom. The van der Waals surface area contributed by atoms with Crippen molar-refractivity contribution in [1.29, 1.82) is 0 Å². The molecule has 0 aliphatic rings. The predicted octanol–water partition coefficient (Wildman–Crippen LogP) is 0.811. The number of carbonyl (C=O) groups excluding carboxylic acids is 1. The number of aldehydes is 1. The van der Waals surface area contributed by atoms with Gasteiger partial charge in [0.1, 0.15) is 6.29 Å². The molecule has 0 aromatic carbocycles. The number of hydrogen-bond donors (Lipinski definition) is 1. The van der Waals surface area contributed by atoms with Gasteiger partial charge in [-0.1, -0.05) is 31.4 Å². The van der Waals surface area contributed by atoms with E-state index in [0.717, 1.165) is 0 Å². The lowest BCUT2D eigenvalue weighted by Gasteiger charge is -2.01. The molecule has 1 unspecified atom stereocenters. The molecule has 0 saturated carbocycles. The van der Waals surface area contributed by atoms with Crippen molar-refractivity contribution in [3.63, 3.8) is 0 Å². The highest BCUT2D eigenvalue weighted by atomic mass is 16.1. The number of nitrogens with two attached hydrogens (primary N) is 1. The summed E-state index contributed by atoms with van der Waals surface area (Å²) in [5.74, 6) is 0. The van der Waals surface area contributed by atoms with Crippen molar-refractivity contribution in [2.45, 2.75) is 6.04 Å². The van der Waals surface area contributed by atoms with Crippen LogP contribution < -0.4 is 5.73 Å². The van der Waals surface area contributed by atoms with Gasteiger partial charge in [-0.15, -0.1) is 0 Å². The van der Waals surface area contributed by atoms with E-state index in [-0.39, 0.29) is 0 Å². The largest absolute Gasteiger partial charge is 0.318 e. The molecular formula is C8H11NO. The van der Waals surface area contributed by atoms with Crippen LogP contribution >= 0.6 is 0 Å². The normalized spacial score (nSPS) is 13.9. The van der Waals surface area contributed by atoms with Gasteiger partial charge in [0, 0.05) is 0 Å². The maximum atomic E-state index is 10.1. The first-order chi connectivity index (χ1) is 4.76. The summed E-state index contributed by atoms with van der Waals surface area (Å²) in [4.78, 5) is 10.1. The smallest absolute Gasteiger partial charge is 0.141 e. The van der Waals surface area contributed by atoms with Crippen LogP contribution in [0.5, 0.6) is 0 Å². The second kappa shape index (κ2) is 4.70. The molecule has 2 nitrogen and oxygen atoms in total. The second-order valence-electron chi connectivity index (χ2n) is 1.77. The quantitative estimate of drug-likeness (QED) is 0.460. The fourth-order valence-corrected chi connectivity index (χ4v) is 0.530. The summed E-state index contributed by atoms with van der Waals surface area (Å²) in [5.41, 5.74) is 6.04. The molecule has 0 spiro atoms. The summed E-state index contributed by atoms with van der Waals surface area (Å²) in [5, 5.41) is 0. The summed E-state index contributed by atoms with van der Waals surface area (Å²) in [6, 6.07) is -0.574. The molecular weight excluding hydrogens is 126 g/mol. The lowest BCUT2D eigenvalue weighted by molar-refractivity contribution is -0.108. The van der Waals surface area contributed by atoms with Gasteiger partial charge in [-0.25, -0.2) is 0 Å². The van der Waals surface area contributed by atoms with Gasteiger partial charge in [-0.2, -0.15) is 0 Å². The Morgan fingerprint density at radius 1 is 1.50 bits per heavy atom. The van der Waals surface area contributed by atoms with Gasteiger partial charge >= 0.3 is 0 Å². The Morgan fingerprint density at radius 3 is 2.40 bits per heavy atom. The lowest BCUT2D eigenvalue weighted by Crippen LogP contribution is -2.22. The number of allylic oxidation sites excluding steroid dienone is 2. The van der Waals surface area contributed by atoms with Crippen LogP contribution in [0.2, 0.25) is 0 Å². The highest BCUT2D eigenvalue weighted by molar-refractivity contribution is 5.64. The van der Waals surface area contributed by atoms with E-state index in [1.807, 2.05) is 0 Å². The minimum absolute atomic E-state index is 0.574. The average molecular weight is 137 g/mol. The minimum Gasteiger partial charge on any atom is -0.318 e. The van der Waals surface area contributed by atoms with E-state index in [1.165, 1.54) is 0 Å². The van der Waals surface area contributed by atoms with Crippen LogP contribution in [0.1, 0.15) is 0 Å². The minimum atomic E-state index is -0.574. The average Bonchev–Trinajstić information content (AvgIpc) is 1.99. The number of rotatable bonds is 4. The third kappa shape index (κ3) is 2.42. The molecule has 0 saturated heterocycles. The van der Waals surface area contributed by atoms with Crippen LogP contribution in [0.25, 0.3) is 0 Å². The van der Waals surface area contributed by atoms with Crippen molar-refractivity contribution in [1.82, 2.24) is 0 Å². The molecule has 1 atom stereocenters. The van der Waals surface area contributed by atoms with E-state index < -0.39 is 6.04 Å². The maximum Gasteiger partial charge on any atom is 0.141 e. The third-order valence-corrected chi connectivity index (χ3v) is 1.08. The Balaban J connectivity index is 4.32. The fourth-order valence-electron chi connectivity index (χ4n) is 0.530. The predicted molar refractivity (Wildman–Crippen MR) is 42.5 cm³/mol. The molecule has 0 aliphatic heterocycles. The highest BCUT2D eigenvalue weighted by Crippen LogP contribution is 1.98. The molecule has 0 aliphatic carbocycles. The van der Waals surface area contributed by atoms with Gasteiger partial charge in [0.25, 0.3) is 0 Å². The highest BCUT2D eigenvalue weighted by Gasteiger charge is 2.00. The van der Waals surface area contributed by atoms with Crippen molar-refractivity contribution >= 4 is 6.29 Å². The first-order valence-electron chi connectivity index (χ1n) is 2.92. The molecule has 0 fully saturated rings. The van der Waals surface area contributed by atoms with Crippen LogP contribution in [-0.4, -0.2) is 12.3 Å². The van der Waals surface area contributed by atoms with Crippen molar-refractivity contribution in [2.24, 2.45) is 5.73 Å². The van der Waals surface area contributed by atoms with E-state index in [4.69, 9.17) is 5.73 Å². The summed E-state index contributed by atoms with van der Waals surface area (Å²) in [7, 11) is 0. The van der Waals surface area contributed by atoms with Crippen LogP contribution in [0, 0.1) is 0 Å². The molecule has 54 valence electrons. The lowest BCUT2D eigenvalue weighted by atomic mass is 10.1. The van der Waals surface area contributed by atoms with Gasteiger partial charge in [-0.05, 0) is 5.57 Å². The molecule has 0 rings (SSSR count). The molecule has 2 heteroatoms. The molecule has 0 radical (unpaired) electrons. The molecule has 0 amide bonds. The van der Waals surface area contributed by atoms with Gasteiger partial charge in [0.05, 0.1) is 6.04 Å². The molecule has 0 aromatic heterocycles. The van der Waals surface area contributed by atoms with Crippen molar-refractivity contribution < 1.29 is 4.79 Å². The van der Waals surface area contributed by atoms with Crippen molar-refractivity contribution in [3.05, 3.63) is 37.0 Å². The van der Waals surface area contributed by atoms with Gasteiger partial charge in [0.2, 0.25) is 0 Å². The molecule has 10 heavy (non-hydrogen) atoms. The van der Waals surface area contributed by atoms with Crippen molar-refractivity contribution in [2.75, 3.05) is 0 Å². The fraction of sp³-hybridized carbons (Fsp3) is 0.125. The Kier molecular flexibility index (Phi) is 4.16. The van der Waals surface area contributed by atoms with Gasteiger partial charge in [-0.3, -0.25) is 0 Å². The third-order valence-electron chi connectivity index (χ3n) is 1.08. The van der Waals surface area contributed by atoms with E-state index >= 15 is 0 Å². The Hall–Kier alpha value is -1.15. The van der Waals surface area contributed by atoms with Crippen LogP contribution in [0.15, 0.2) is 37.0 Å². The second-order valence-corrected chi connectivity index (χ2v) is 1.77. The number of hydrogen-bond acceptors (Lipinski definition) is 2. The molecule has 0 heterocycles. The first kappa shape index (κ1) is 8.85. The zero-order valence-corrected chi connectivity index (χ0v) is 5.79. The Bertz CT molecular complexity index is 170. The Labute approximate surface area is 60.7 Å². The summed E-state index contributed by atoms with van der Waals surface area (Å²) in [6.45, 7) is 6.96. The van der Waals surface area contributed by atoms with E-state index in [1.54, 1.807) is 18.2 Å². The van der Waals surface area contributed by atoms with Gasteiger partial charge in [0.15, 0.2) is 0 Å². The van der Waals surface area contributed by atoms with Gasteiger partial charge < -0.3 is 10.5 Å². The van der Waals surface area contributed by atoms with Crippen LogP contribution in [0.3, 0.4) is 0 Å². The summed E-state index contributed by atoms with van der Waals surface area (Å²) in [6.07, 6.45) is 5.43. The standard InChI is InChI=1S/C8H11NO/c1-3-5-7(4-2)8(9)6-10/h3-6,8H,1-2,9H2/b7-5+. The molecule has 0 aromatic rings. The van der Waals surface area contributed by atoms with E-state index in [0.29, 0.717) is 11.9 Å². The zero-order valence-electron chi connectivity index (χ0n) is 5.79. The zero-order chi connectivity index (χ0) is 7.98. The van der Waals surface area contributed by atoms with Crippen LogP contribution in [-0.2, 0) is 4.79 Å².